The Kier molecular flexibility index (Phi) is 3.05. The van der Waals surface area contributed by atoms with Gasteiger partial charge in [-0.2, -0.15) is 9.50 Å². The zero-order valence-corrected chi connectivity index (χ0v) is 11.6. The van der Waals surface area contributed by atoms with Gasteiger partial charge in [0.1, 0.15) is 18.1 Å². The molecule has 0 N–H and O–H groups in total. The van der Waals surface area contributed by atoms with Gasteiger partial charge in [-0.15, -0.1) is 5.10 Å². The molecule has 3 aromatic heterocycles. The Labute approximate surface area is 126 Å². The maximum Gasteiger partial charge on any atom is 0.253 e. The summed E-state index contributed by atoms with van der Waals surface area (Å²) in [5.41, 5.74) is 0.800. The van der Waals surface area contributed by atoms with Gasteiger partial charge in [0.05, 0.1) is 6.26 Å². The molecule has 4 aromatic rings. The molecule has 0 bridgehead atoms. The molecule has 0 aliphatic carbocycles. The lowest BCUT2D eigenvalue weighted by Crippen LogP contribution is -1.99. The zero-order chi connectivity index (χ0) is 14.8. The molecule has 1 aromatic carbocycles. The van der Waals surface area contributed by atoms with E-state index in [-0.39, 0.29) is 6.61 Å². The largest absolute Gasteiger partial charge is 0.486 e. The first-order valence-corrected chi connectivity index (χ1v) is 6.82. The average molecular weight is 292 g/mol. The van der Waals surface area contributed by atoms with Crippen LogP contribution < -0.4 is 4.74 Å². The first kappa shape index (κ1) is 12.6. The van der Waals surface area contributed by atoms with Crippen molar-refractivity contribution in [3.63, 3.8) is 0 Å². The Morgan fingerprint density at radius 2 is 1.95 bits per heavy atom. The highest BCUT2D eigenvalue weighted by Gasteiger charge is 2.11. The van der Waals surface area contributed by atoms with Crippen LogP contribution in [0.15, 0.2) is 65.4 Å². The first-order valence-electron chi connectivity index (χ1n) is 6.82. The van der Waals surface area contributed by atoms with E-state index in [1.54, 1.807) is 17.0 Å². The maximum absolute atomic E-state index is 5.66. The lowest BCUT2D eigenvalue weighted by atomic mass is 10.3. The second-order valence-electron chi connectivity index (χ2n) is 4.65. The maximum atomic E-state index is 5.66. The average Bonchev–Trinajstić information content (AvgIpc) is 3.22. The fourth-order valence-electron chi connectivity index (χ4n) is 2.17. The van der Waals surface area contributed by atoms with Gasteiger partial charge < -0.3 is 9.15 Å². The number of para-hydroxylation sites is 1. The van der Waals surface area contributed by atoms with Gasteiger partial charge in [-0.05, 0) is 30.3 Å². The van der Waals surface area contributed by atoms with E-state index in [2.05, 4.69) is 15.1 Å². The molecule has 3 heterocycles. The Bertz CT molecular complexity index is 885. The summed E-state index contributed by atoms with van der Waals surface area (Å²) < 4.78 is 12.7. The summed E-state index contributed by atoms with van der Waals surface area (Å²) in [6.07, 6.45) is 3.31. The molecule has 0 saturated carbocycles. The van der Waals surface area contributed by atoms with Crippen LogP contribution in [0.2, 0.25) is 0 Å². The second kappa shape index (κ2) is 5.33. The summed E-state index contributed by atoms with van der Waals surface area (Å²) in [6.45, 7) is 0.283. The number of hydrogen-bond acceptors (Lipinski definition) is 5. The molecular formula is C16H12N4O2. The van der Waals surface area contributed by atoms with E-state index in [1.165, 1.54) is 0 Å². The van der Waals surface area contributed by atoms with E-state index in [1.807, 2.05) is 48.5 Å². The second-order valence-corrected chi connectivity index (χ2v) is 4.65. The fraction of sp³-hybridized carbons (Fsp3) is 0.0625. The minimum atomic E-state index is 0.283. The third-order valence-electron chi connectivity index (χ3n) is 3.17. The third kappa shape index (κ3) is 2.31. The Morgan fingerprint density at radius 3 is 2.77 bits per heavy atom. The molecule has 6 heteroatoms. The highest BCUT2D eigenvalue weighted by atomic mass is 16.5. The summed E-state index contributed by atoms with van der Waals surface area (Å²) in [4.78, 5) is 8.59. The highest BCUT2D eigenvalue weighted by Crippen LogP contribution is 2.19. The van der Waals surface area contributed by atoms with E-state index >= 15 is 0 Å². The molecule has 0 aliphatic heterocycles. The monoisotopic (exact) mass is 292 g/mol. The molecule has 0 unspecified atom stereocenters. The molecule has 22 heavy (non-hydrogen) atoms. The van der Waals surface area contributed by atoms with E-state index in [9.17, 15) is 0 Å². The van der Waals surface area contributed by atoms with Gasteiger partial charge in [0.2, 0.25) is 0 Å². The molecule has 0 radical (unpaired) electrons. The molecular weight excluding hydrogens is 280 g/mol. The Hall–Kier alpha value is -3.15. The fourth-order valence-corrected chi connectivity index (χ4v) is 2.17. The summed E-state index contributed by atoms with van der Waals surface area (Å²) in [7, 11) is 0. The predicted molar refractivity (Wildman–Crippen MR) is 79.3 cm³/mol. The van der Waals surface area contributed by atoms with Crippen LogP contribution >= 0.6 is 0 Å². The van der Waals surface area contributed by atoms with Crippen molar-refractivity contribution in [2.24, 2.45) is 0 Å². The van der Waals surface area contributed by atoms with Crippen LogP contribution in [0.25, 0.3) is 17.2 Å². The van der Waals surface area contributed by atoms with Crippen LogP contribution in [0, 0.1) is 0 Å². The number of ether oxygens (including phenoxy) is 1. The minimum absolute atomic E-state index is 0.283. The number of nitrogens with zero attached hydrogens (tertiary/aromatic N) is 4. The van der Waals surface area contributed by atoms with Gasteiger partial charge in [-0.1, -0.05) is 18.2 Å². The quantitative estimate of drug-likeness (QED) is 0.578. The first-order chi connectivity index (χ1) is 10.9. The summed E-state index contributed by atoms with van der Waals surface area (Å²) in [5.74, 6) is 2.57. The topological polar surface area (TPSA) is 65.5 Å². The zero-order valence-electron chi connectivity index (χ0n) is 11.6. The molecule has 0 atom stereocenters. The van der Waals surface area contributed by atoms with E-state index in [4.69, 9.17) is 9.15 Å². The van der Waals surface area contributed by atoms with E-state index in [0.717, 1.165) is 11.4 Å². The number of rotatable bonds is 4. The van der Waals surface area contributed by atoms with Crippen molar-refractivity contribution in [2.45, 2.75) is 6.61 Å². The van der Waals surface area contributed by atoms with Crippen molar-refractivity contribution in [2.75, 3.05) is 0 Å². The van der Waals surface area contributed by atoms with Gasteiger partial charge in [-0.3, -0.25) is 0 Å². The predicted octanol–water partition coefficient (Wildman–Crippen LogP) is 2.96. The van der Waals surface area contributed by atoms with E-state index < -0.39 is 0 Å². The van der Waals surface area contributed by atoms with Crippen molar-refractivity contribution in [1.82, 2.24) is 19.6 Å². The number of fused-ring (bicyclic) bond motifs is 1. The lowest BCUT2D eigenvalue weighted by molar-refractivity contribution is 0.296. The van der Waals surface area contributed by atoms with Crippen molar-refractivity contribution in [1.29, 1.82) is 0 Å². The molecule has 0 spiro atoms. The molecule has 4 rings (SSSR count). The highest BCUT2D eigenvalue weighted by molar-refractivity contribution is 5.54. The molecule has 108 valence electrons. The Balaban J connectivity index is 1.65. The number of furan rings is 1. The summed E-state index contributed by atoms with van der Waals surface area (Å²) in [6, 6.07) is 15.1. The number of hydrogen-bond donors (Lipinski definition) is 0. The van der Waals surface area contributed by atoms with Crippen LogP contribution in [0.3, 0.4) is 0 Å². The van der Waals surface area contributed by atoms with Crippen LogP contribution in [-0.4, -0.2) is 19.6 Å². The Morgan fingerprint density at radius 1 is 1.05 bits per heavy atom. The SMILES string of the molecule is c1ccc(OCc2nc3nccc(-c4ccco4)n3n2)cc1. The van der Waals surface area contributed by atoms with Crippen molar-refractivity contribution in [3.05, 3.63) is 66.8 Å². The molecule has 6 nitrogen and oxygen atoms in total. The van der Waals surface area contributed by atoms with Crippen molar-refractivity contribution < 1.29 is 9.15 Å². The van der Waals surface area contributed by atoms with Crippen LogP contribution in [-0.2, 0) is 6.61 Å². The molecule has 0 saturated heterocycles. The van der Waals surface area contributed by atoms with Crippen molar-refractivity contribution in [3.8, 4) is 17.2 Å². The summed E-state index contributed by atoms with van der Waals surface area (Å²) >= 11 is 0. The minimum Gasteiger partial charge on any atom is -0.486 e. The smallest absolute Gasteiger partial charge is 0.253 e. The van der Waals surface area contributed by atoms with Gasteiger partial charge in [0.15, 0.2) is 11.6 Å². The van der Waals surface area contributed by atoms with Crippen molar-refractivity contribution >= 4 is 5.78 Å². The standard InChI is InChI=1S/C16H12N4O2/c1-2-5-12(6-3-1)22-11-15-18-16-17-9-8-13(20(16)19-15)14-7-4-10-21-14/h1-10H,11H2. The van der Waals surface area contributed by atoms with Crippen LogP contribution in [0.5, 0.6) is 5.75 Å². The van der Waals surface area contributed by atoms with Crippen LogP contribution in [0.1, 0.15) is 5.82 Å². The van der Waals surface area contributed by atoms with Gasteiger partial charge in [0, 0.05) is 6.20 Å². The lowest BCUT2D eigenvalue weighted by Gasteiger charge is -2.01. The summed E-state index contributed by atoms with van der Waals surface area (Å²) in [5, 5.41) is 4.44. The van der Waals surface area contributed by atoms with Crippen LogP contribution in [0.4, 0.5) is 0 Å². The van der Waals surface area contributed by atoms with Gasteiger partial charge in [-0.25, -0.2) is 4.98 Å². The molecule has 0 amide bonds. The van der Waals surface area contributed by atoms with E-state index in [0.29, 0.717) is 17.4 Å². The molecule has 0 fully saturated rings. The number of benzene rings is 1. The molecule has 0 aliphatic rings. The number of aromatic nitrogens is 4. The third-order valence-corrected chi connectivity index (χ3v) is 3.17. The normalized spacial score (nSPS) is 10.9. The van der Waals surface area contributed by atoms with Gasteiger partial charge >= 0.3 is 0 Å². The van der Waals surface area contributed by atoms with Gasteiger partial charge in [0.25, 0.3) is 5.78 Å².